The number of piperidine rings is 1. The van der Waals surface area contributed by atoms with Gasteiger partial charge in [0.1, 0.15) is 11.1 Å². The average molecular weight is 602 g/mol. The second-order valence-electron chi connectivity index (χ2n) is 12.3. The molecule has 0 radical (unpaired) electrons. The number of carbonyl (C=O) groups is 3. The van der Waals surface area contributed by atoms with Gasteiger partial charge in [0.15, 0.2) is 0 Å². The van der Waals surface area contributed by atoms with Gasteiger partial charge in [-0.15, -0.1) is 0 Å². The summed E-state index contributed by atoms with van der Waals surface area (Å²) in [6.07, 6.45) is 4.18. The molecule has 1 saturated carbocycles. The lowest BCUT2D eigenvalue weighted by Crippen LogP contribution is -2.61. The van der Waals surface area contributed by atoms with E-state index in [4.69, 9.17) is 27.9 Å². The summed E-state index contributed by atoms with van der Waals surface area (Å²) in [5.74, 6) is -0.314. The van der Waals surface area contributed by atoms with Crippen molar-refractivity contribution in [1.29, 1.82) is 0 Å². The number of nitrogens with one attached hydrogen (secondary N) is 2. The predicted molar refractivity (Wildman–Crippen MR) is 160 cm³/mol. The van der Waals surface area contributed by atoms with Gasteiger partial charge in [0, 0.05) is 52.9 Å². The average Bonchev–Trinajstić information content (AvgIpc) is 3.14. The van der Waals surface area contributed by atoms with E-state index in [0.29, 0.717) is 48.1 Å². The maximum atomic E-state index is 14.2. The van der Waals surface area contributed by atoms with E-state index < -0.39 is 11.1 Å². The van der Waals surface area contributed by atoms with Crippen molar-refractivity contribution >= 4 is 46.8 Å². The molecular formula is C31H38Cl2N4O4. The van der Waals surface area contributed by atoms with Crippen LogP contribution in [0.3, 0.4) is 0 Å². The van der Waals surface area contributed by atoms with Gasteiger partial charge in [-0.3, -0.25) is 14.5 Å². The van der Waals surface area contributed by atoms with Gasteiger partial charge < -0.3 is 20.3 Å². The smallest absolute Gasteiger partial charge is 0.410 e. The summed E-state index contributed by atoms with van der Waals surface area (Å²) in [5, 5.41) is 7.31. The van der Waals surface area contributed by atoms with Crippen molar-refractivity contribution in [2.75, 3.05) is 25.0 Å². The van der Waals surface area contributed by atoms with Crippen molar-refractivity contribution < 1.29 is 19.1 Å². The van der Waals surface area contributed by atoms with Crippen LogP contribution in [0.5, 0.6) is 0 Å². The summed E-state index contributed by atoms with van der Waals surface area (Å²) < 4.78 is 5.60. The molecule has 5 rings (SSSR count). The third-order valence-corrected chi connectivity index (χ3v) is 8.70. The van der Waals surface area contributed by atoms with E-state index in [2.05, 4.69) is 15.5 Å². The molecule has 3 amide bonds. The zero-order valence-electron chi connectivity index (χ0n) is 23.8. The van der Waals surface area contributed by atoms with E-state index in [1.54, 1.807) is 23.1 Å². The van der Waals surface area contributed by atoms with Crippen molar-refractivity contribution in [2.24, 2.45) is 0 Å². The topological polar surface area (TPSA) is 91.0 Å². The van der Waals surface area contributed by atoms with E-state index >= 15 is 0 Å². The molecule has 2 aromatic rings. The zero-order chi connectivity index (χ0) is 29.4. The van der Waals surface area contributed by atoms with Crippen molar-refractivity contribution in [3.05, 3.63) is 63.6 Å². The van der Waals surface area contributed by atoms with Gasteiger partial charge in [-0.25, -0.2) is 4.79 Å². The van der Waals surface area contributed by atoms with Gasteiger partial charge in [0.2, 0.25) is 11.8 Å². The molecule has 3 aliphatic rings. The molecule has 2 aromatic carbocycles. The van der Waals surface area contributed by atoms with Crippen LogP contribution in [-0.2, 0) is 26.3 Å². The fraction of sp³-hybridized carbons (Fsp3) is 0.516. The number of nitrogens with zero attached hydrogens (tertiary/aromatic N) is 2. The van der Waals surface area contributed by atoms with Crippen LogP contribution in [-0.4, -0.2) is 65.0 Å². The fourth-order valence-electron chi connectivity index (χ4n) is 6.08. The van der Waals surface area contributed by atoms with Crippen molar-refractivity contribution in [3.8, 4) is 0 Å². The Bertz CT molecular complexity index is 1320. The number of ether oxygens (including phenoxy) is 1. The fourth-order valence-corrected chi connectivity index (χ4v) is 6.46. The maximum absolute atomic E-state index is 14.2. The molecule has 220 valence electrons. The normalized spacial score (nSPS) is 21.3. The number of hydrogen-bond acceptors (Lipinski definition) is 5. The molecule has 1 saturated heterocycles. The van der Waals surface area contributed by atoms with Gasteiger partial charge in [-0.1, -0.05) is 41.4 Å². The minimum atomic E-state index is -1.18. The summed E-state index contributed by atoms with van der Waals surface area (Å²) in [7, 11) is 0. The third kappa shape index (κ3) is 6.50. The number of hydrogen-bond donors (Lipinski definition) is 2. The van der Waals surface area contributed by atoms with Gasteiger partial charge in [-0.05, 0) is 82.7 Å². The van der Waals surface area contributed by atoms with Gasteiger partial charge in [0.05, 0.1) is 6.54 Å². The lowest BCUT2D eigenvalue weighted by Gasteiger charge is -2.47. The summed E-state index contributed by atoms with van der Waals surface area (Å²) in [6, 6.07) is 12.9. The second kappa shape index (κ2) is 11.8. The zero-order valence-corrected chi connectivity index (χ0v) is 25.4. The molecule has 2 fully saturated rings. The summed E-state index contributed by atoms with van der Waals surface area (Å²) >= 11 is 12.7. The van der Waals surface area contributed by atoms with E-state index in [9.17, 15) is 14.4 Å². The van der Waals surface area contributed by atoms with Crippen molar-refractivity contribution in [3.63, 3.8) is 0 Å². The number of likely N-dealkylation sites (tertiary alicyclic amines) is 1. The van der Waals surface area contributed by atoms with Gasteiger partial charge in [-0.2, -0.15) is 0 Å². The number of anilines is 1. The van der Waals surface area contributed by atoms with Crippen LogP contribution in [0.1, 0.15) is 64.0 Å². The first-order valence-corrected chi connectivity index (χ1v) is 15.1. The lowest BCUT2D eigenvalue weighted by molar-refractivity contribution is -0.136. The monoisotopic (exact) mass is 600 g/mol. The molecule has 1 aliphatic carbocycles. The molecule has 2 N–H and O–H groups in total. The summed E-state index contributed by atoms with van der Waals surface area (Å²) in [5.41, 5.74) is 0.525. The SMILES string of the molecule is CC(C)(C)OC(=O)N1CCC(N(CC(=O)NC2CCC2)C2(Cc3cccc(Cl)c3)C(=O)Nc3cc(Cl)ccc32)CC1. The Hall–Kier alpha value is -2.81. The standard InChI is InChI=1S/C31H38Cl2N4O4/c1-30(2,3)41-29(40)36-14-12-24(13-15-36)37(19-27(38)34-23-8-5-9-23)31(18-20-6-4-7-21(32)16-20)25-11-10-22(33)17-26(25)35-28(31)39/h4,6-7,10-11,16-17,23-24H,5,8-9,12-15,18-19H2,1-3H3,(H,34,38)(H,35,39). The highest BCUT2D eigenvalue weighted by molar-refractivity contribution is 6.31. The molecule has 41 heavy (non-hydrogen) atoms. The van der Waals surface area contributed by atoms with E-state index in [-0.39, 0.29) is 36.5 Å². The Morgan fingerprint density at radius 1 is 1.07 bits per heavy atom. The number of halogens is 2. The van der Waals surface area contributed by atoms with Crippen LogP contribution >= 0.6 is 23.2 Å². The molecule has 0 aromatic heterocycles. The molecule has 0 spiro atoms. The Labute approximate surface area is 251 Å². The second-order valence-corrected chi connectivity index (χ2v) is 13.2. The predicted octanol–water partition coefficient (Wildman–Crippen LogP) is 5.75. The molecule has 2 aliphatic heterocycles. The summed E-state index contributed by atoms with van der Waals surface area (Å²) in [6.45, 7) is 6.52. The van der Waals surface area contributed by atoms with Gasteiger partial charge >= 0.3 is 6.09 Å². The number of rotatable bonds is 7. The molecule has 1 unspecified atom stereocenters. The Kier molecular flexibility index (Phi) is 8.56. The molecule has 0 bridgehead atoms. The summed E-state index contributed by atoms with van der Waals surface area (Å²) in [4.78, 5) is 44.3. The molecule has 2 heterocycles. The quantitative estimate of drug-likeness (QED) is 0.422. The number of carbonyl (C=O) groups excluding carboxylic acids is 3. The highest BCUT2D eigenvalue weighted by atomic mass is 35.5. The van der Waals surface area contributed by atoms with Crippen LogP contribution in [0.2, 0.25) is 10.0 Å². The number of amides is 3. The molecule has 1 atom stereocenters. The van der Waals surface area contributed by atoms with E-state index in [0.717, 1.165) is 30.4 Å². The molecule has 10 heteroatoms. The van der Waals surface area contributed by atoms with Gasteiger partial charge in [0.25, 0.3) is 0 Å². The Balaban J connectivity index is 1.51. The van der Waals surface area contributed by atoms with Crippen molar-refractivity contribution in [2.45, 2.75) is 82.5 Å². The highest BCUT2D eigenvalue weighted by Crippen LogP contribution is 2.46. The molecule has 8 nitrogen and oxygen atoms in total. The Morgan fingerprint density at radius 3 is 2.41 bits per heavy atom. The van der Waals surface area contributed by atoms with Crippen LogP contribution in [0.15, 0.2) is 42.5 Å². The Morgan fingerprint density at radius 2 is 1.78 bits per heavy atom. The van der Waals surface area contributed by atoms with E-state index in [1.165, 1.54) is 0 Å². The highest BCUT2D eigenvalue weighted by Gasteiger charge is 2.54. The maximum Gasteiger partial charge on any atom is 0.410 e. The third-order valence-electron chi connectivity index (χ3n) is 8.23. The molecular weight excluding hydrogens is 563 g/mol. The first-order valence-electron chi connectivity index (χ1n) is 14.3. The van der Waals surface area contributed by atoms with Crippen LogP contribution in [0.25, 0.3) is 0 Å². The minimum absolute atomic E-state index is 0.0453. The number of benzene rings is 2. The largest absolute Gasteiger partial charge is 0.444 e. The van der Waals surface area contributed by atoms with Crippen LogP contribution in [0, 0.1) is 0 Å². The first-order chi connectivity index (χ1) is 19.4. The first kappa shape index (κ1) is 29.7. The van der Waals surface area contributed by atoms with Crippen LogP contribution in [0.4, 0.5) is 10.5 Å². The number of fused-ring (bicyclic) bond motifs is 1. The minimum Gasteiger partial charge on any atom is -0.444 e. The van der Waals surface area contributed by atoms with Crippen LogP contribution < -0.4 is 10.6 Å². The van der Waals surface area contributed by atoms with Crippen molar-refractivity contribution in [1.82, 2.24) is 15.1 Å². The van der Waals surface area contributed by atoms with E-state index in [1.807, 2.05) is 45.0 Å². The lowest BCUT2D eigenvalue weighted by atomic mass is 9.80.